The number of alkyl halides is 3. The van der Waals surface area contributed by atoms with Crippen LogP contribution in [0.15, 0.2) is 30.3 Å². The first-order valence-corrected chi connectivity index (χ1v) is 13.7. The molecule has 1 aromatic rings. The molecule has 0 radical (unpaired) electrons. The van der Waals surface area contributed by atoms with Crippen LogP contribution >= 0.6 is 46.6 Å². The highest BCUT2D eigenvalue weighted by Crippen LogP contribution is 2.25. The van der Waals surface area contributed by atoms with E-state index in [-0.39, 0.29) is 25.2 Å². The summed E-state index contributed by atoms with van der Waals surface area (Å²) in [5.74, 6) is -1.92. The summed E-state index contributed by atoms with van der Waals surface area (Å²) < 4.78 is 3.03. The summed E-state index contributed by atoms with van der Waals surface area (Å²) in [5.41, 5.74) is 0.740. The Hall–Kier alpha value is -1.88. The van der Waals surface area contributed by atoms with Crippen LogP contribution in [0.4, 0.5) is 4.79 Å². The molecule has 1 aromatic carbocycles. The van der Waals surface area contributed by atoms with Crippen LogP contribution in [0.3, 0.4) is 0 Å². The summed E-state index contributed by atoms with van der Waals surface area (Å²) in [6.45, 7) is 3.21. The highest BCUT2D eigenvalue weighted by atomic mass is 35.6. The topological polar surface area (TPSA) is 134 Å². The normalized spacial score (nSPS) is 13.9. The minimum absolute atomic E-state index is 0.00492. The van der Waals surface area contributed by atoms with Crippen LogP contribution in [0.25, 0.3) is 0 Å². The lowest BCUT2D eigenvalue weighted by atomic mass is 10.0. The number of halogens is 3. The predicted octanol–water partition coefficient (Wildman–Crippen LogP) is 3.55. The maximum absolute atomic E-state index is 13.0. The number of hydrogen-bond acceptors (Lipinski definition) is 6. The Morgan fingerprint density at radius 2 is 1.56 bits per heavy atom. The molecule has 0 aliphatic rings. The minimum atomic E-state index is -1.81. The number of ether oxygens (including phenoxy) is 1. The molecule has 0 heterocycles. The summed E-state index contributed by atoms with van der Waals surface area (Å²) in [4.78, 5) is 50.0. The smallest absolute Gasteiger partial charge is 0.407 e. The molecule has 0 bridgehead atoms. The zero-order chi connectivity index (χ0) is 27.3. The molecule has 0 aromatic heterocycles. The van der Waals surface area contributed by atoms with Gasteiger partial charge in [0.15, 0.2) is 0 Å². The van der Waals surface area contributed by atoms with Gasteiger partial charge in [0, 0.05) is 6.42 Å². The molecule has 0 aliphatic carbocycles. The lowest BCUT2D eigenvalue weighted by Crippen LogP contribution is -2.56. The average molecular weight is 585 g/mol. The summed E-state index contributed by atoms with van der Waals surface area (Å²) in [6, 6.07) is 5.65. The van der Waals surface area contributed by atoms with Crippen molar-refractivity contribution in [3.8, 4) is 0 Å². The summed E-state index contributed by atoms with van der Waals surface area (Å²) in [5, 5.41) is 17.2. The third-order valence-electron chi connectivity index (χ3n) is 4.82. The maximum atomic E-state index is 13.0. The molecular formula is C23H32Cl3N3O6S. The van der Waals surface area contributed by atoms with Gasteiger partial charge in [-0.25, -0.2) is 9.59 Å². The fourth-order valence-corrected chi connectivity index (χ4v) is 3.77. The summed E-state index contributed by atoms with van der Waals surface area (Å²) in [6.07, 6.45) is 1.46. The van der Waals surface area contributed by atoms with Crippen molar-refractivity contribution in [1.29, 1.82) is 0 Å². The highest BCUT2D eigenvalue weighted by Gasteiger charge is 2.31. The van der Waals surface area contributed by atoms with Gasteiger partial charge in [0.2, 0.25) is 15.6 Å². The van der Waals surface area contributed by atoms with Gasteiger partial charge < -0.3 is 25.8 Å². The van der Waals surface area contributed by atoms with Gasteiger partial charge in [-0.2, -0.15) is 11.8 Å². The lowest BCUT2D eigenvalue weighted by Gasteiger charge is -2.25. The molecule has 0 saturated carbocycles. The molecule has 0 fully saturated rings. The standard InChI is InChI=1S/C23H32Cl3N3O6S/c1-14(2)11-17(20(31)28-18(21(32)33)12-15-7-5-4-6-8-15)27-19(30)16(9-10-36-3)29-22(34)35-13-23(24,25)26/h4-8,14,16-18H,9-13H2,1-3H3,(H,27,30)(H,28,31)(H,29,34)(H,32,33)/t16-,17-,18-/m0/s1. The highest BCUT2D eigenvalue weighted by molar-refractivity contribution is 7.98. The van der Waals surface area contributed by atoms with Gasteiger partial charge >= 0.3 is 12.1 Å². The molecule has 0 aliphatic heterocycles. The number of carboxylic acids is 1. The van der Waals surface area contributed by atoms with Gasteiger partial charge in [-0.3, -0.25) is 9.59 Å². The van der Waals surface area contributed by atoms with Gasteiger partial charge in [0.05, 0.1) is 0 Å². The third-order valence-corrected chi connectivity index (χ3v) is 5.79. The zero-order valence-corrected chi connectivity index (χ0v) is 23.3. The maximum Gasteiger partial charge on any atom is 0.407 e. The van der Waals surface area contributed by atoms with E-state index < -0.39 is 52.4 Å². The number of carboxylic acid groups (broad SMARTS) is 1. The SMILES string of the molecule is CSCC[C@H](NC(=O)OCC(Cl)(Cl)Cl)C(=O)N[C@@H](CC(C)C)C(=O)N[C@@H](Cc1ccccc1)C(=O)O. The third kappa shape index (κ3) is 13.4. The van der Waals surface area contributed by atoms with Crippen LogP contribution in [-0.4, -0.2) is 69.5 Å². The number of benzene rings is 1. The minimum Gasteiger partial charge on any atom is -0.480 e. The van der Waals surface area contributed by atoms with Crippen molar-refractivity contribution in [2.24, 2.45) is 5.92 Å². The van der Waals surface area contributed by atoms with E-state index in [2.05, 4.69) is 16.0 Å². The molecule has 202 valence electrons. The molecule has 9 nitrogen and oxygen atoms in total. The van der Waals surface area contributed by atoms with E-state index in [1.165, 1.54) is 11.8 Å². The number of alkyl carbamates (subject to hydrolysis) is 1. The molecule has 3 amide bonds. The van der Waals surface area contributed by atoms with Crippen LogP contribution in [0, 0.1) is 5.92 Å². The summed E-state index contributed by atoms with van der Waals surface area (Å²) in [7, 11) is 0. The molecule has 4 N–H and O–H groups in total. The molecule has 3 atom stereocenters. The second-order valence-corrected chi connectivity index (χ2v) is 12.0. The average Bonchev–Trinajstić information content (AvgIpc) is 2.79. The van der Waals surface area contributed by atoms with Gasteiger partial charge in [0.1, 0.15) is 24.7 Å². The first kappa shape index (κ1) is 32.1. The fraction of sp³-hybridized carbons (Fsp3) is 0.565. The lowest BCUT2D eigenvalue weighted by molar-refractivity contribution is -0.142. The first-order chi connectivity index (χ1) is 16.8. The molecular weight excluding hydrogens is 553 g/mol. The molecule has 0 spiro atoms. The van der Waals surface area contributed by atoms with Crippen molar-refractivity contribution in [2.45, 2.75) is 55.0 Å². The van der Waals surface area contributed by atoms with E-state index in [4.69, 9.17) is 39.5 Å². The number of thioether (sulfide) groups is 1. The number of nitrogens with one attached hydrogen (secondary N) is 3. The van der Waals surface area contributed by atoms with E-state index in [1.807, 2.05) is 20.1 Å². The van der Waals surface area contributed by atoms with E-state index in [9.17, 15) is 24.3 Å². The number of carbonyl (C=O) groups is 4. The monoisotopic (exact) mass is 583 g/mol. The number of hydrogen-bond donors (Lipinski definition) is 4. The van der Waals surface area contributed by atoms with Gasteiger partial charge in [0.25, 0.3) is 0 Å². The van der Waals surface area contributed by atoms with Gasteiger partial charge in [-0.05, 0) is 36.3 Å². The molecule has 13 heteroatoms. The Bertz CT molecular complexity index is 870. The number of aliphatic carboxylic acids is 1. The van der Waals surface area contributed by atoms with Crippen molar-refractivity contribution in [2.75, 3.05) is 18.6 Å². The van der Waals surface area contributed by atoms with Crippen molar-refractivity contribution < 1.29 is 29.0 Å². The van der Waals surface area contributed by atoms with Crippen molar-refractivity contribution in [1.82, 2.24) is 16.0 Å². The largest absolute Gasteiger partial charge is 0.480 e. The van der Waals surface area contributed by atoms with E-state index in [1.54, 1.807) is 30.3 Å². The molecule has 36 heavy (non-hydrogen) atoms. The summed E-state index contributed by atoms with van der Waals surface area (Å²) >= 11 is 18.2. The first-order valence-electron chi connectivity index (χ1n) is 11.2. The van der Waals surface area contributed by atoms with E-state index in [0.29, 0.717) is 5.75 Å². The van der Waals surface area contributed by atoms with Crippen molar-refractivity contribution in [3.63, 3.8) is 0 Å². The van der Waals surface area contributed by atoms with E-state index in [0.717, 1.165) is 5.56 Å². The van der Waals surface area contributed by atoms with Crippen LogP contribution in [0.1, 0.15) is 32.3 Å². The van der Waals surface area contributed by atoms with Gasteiger partial charge in [-0.1, -0.05) is 79.0 Å². The Kier molecular flexibility index (Phi) is 14.3. The molecule has 1 rings (SSSR count). The second kappa shape index (κ2) is 16.1. The van der Waals surface area contributed by atoms with Crippen LogP contribution in [-0.2, 0) is 25.5 Å². The van der Waals surface area contributed by atoms with Crippen LogP contribution in [0.5, 0.6) is 0 Å². The van der Waals surface area contributed by atoms with Crippen molar-refractivity contribution >= 4 is 70.4 Å². The number of amides is 3. The zero-order valence-electron chi connectivity index (χ0n) is 20.3. The number of rotatable bonds is 14. The second-order valence-electron chi connectivity index (χ2n) is 8.45. The molecule has 0 unspecified atom stereocenters. The Morgan fingerprint density at radius 1 is 0.972 bits per heavy atom. The Morgan fingerprint density at radius 3 is 2.08 bits per heavy atom. The fourth-order valence-electron chi connectivity index (χ4n) is 3.13. The predicted molar refractivity (Wildman–Crippen MR) is 143 cm³/mol. The quantitative estimate of drug-likeness (QED) is 0.246. The van der Waals surface area contributed by atoms with Gasteiger partial charge in [-0.15, -0.1) is 0 Å². The Labute approximate surface area is 230 Å². The van der Waals surface area contributed by atoms with Crippen molar-refractivity contribution in [3.05, 3.63) is 35.9 Å². The van der Waals surface area contributed by atoms with E-state index >= 15 is 0 Å². The van der Waals surface area contributed by atoms with Crippen LogP contribution < -0.4 is 16.0 Å². The Balaban J connectivity index is 2.93. The molecule has 0 saturated heterocycles. The van der Waals surface area contributed by atoms with Crippen LogP contribution in [0.2, 0.25) is 0 Å². The number of carbonyl (C=O) groups excluding carboxylic acids is 3.